The molecule has 1 fully saturated rings. The molecular weight excluding hydrogens is 528 g/mol. The molecule has 0 aromatic carbocycles. The second-order valence-corrected chi connectivity index (χ2v) is 9.68. The first kappa shape index (κ1) is 31.4. The first-order valence-electron chi connectivity index (χ1n) is 11.9. The molecule has 0 spiro atoms. The number of alkyl halides is 4. The molecule has 0 bridgehead atoms. The molecule has 13 heteroatoms. The van der Waals surface area contributed by atoms with Crippen molar-refractivity contribution in [2.24, 2.45) is 5.92 Å². The van der Waals surface area contributed by atoms with E-state index >= 15 is 0 Å². The maximum atomic E-state index is 13.8. The van der Waals surface area contributed by atoms with E-state index in [1.54, 1.807) is 4.57 Å². The maximum absolute atomic E-state index is 13.8. The number of hydrogen-bond acceptors (Lipinski definition) is 7. The van der Waals surface area contributed by atoms with Crippen LogP contribution in [-0.4, -0.2) is 58.2 Å². The Morgan fingerprint density at radius 1 is 1.22 bits per heavy atom. The maximum Gasteiger partial charge on any atom is 0.377 e. The number of morpholine rings is 1. The second-order valence-electron chi connectivity index (χ2n) is 8.62. The summed E-state index contributed by atoms with van der Waals surface area (Å²) in [5, 5.41) is 0.321. The summed E-state index contributed by atoms with van der Waals surface area (Å²) in [6, 6.07) is 0. The minimum atomic E-state index is -4.00. The fourth-order valence-electron chi connectivity index (χ4n) is 3.96. The van der Waals surface area contributed by atoms with Crippen molar-refractivity contribution in [3.05, 3.63) is 12.4 Å². The summed E-state index contributed by atoms with van der Waals surface area (Å²) in [5.74, 6) is 0.426. The molecule has 0 N–H and O–H groups in total. The van der Waals surface area contributed by atoms with Gasteiger partial charge in [0.25, 0.3) is 0 Å². The van der Waals surface area contributed by atoms with Gasteiger partial charge in [-0.3, -0.25) is 9.53 Å². The monoisotopic (exact) mass is 560 g/mol. The topological polar surface area (TPSA) is 69.5 Å². The molecule has 0 saturated carbocycles. The Bertz CT molecular complexity index is 995. The van der Waals surface area contributed by atoms with Gasteiger partial charge < -0.3 is 14.2 Å². The summed E-state index contributed by atoms with van der Waals surface area (Å²) in [6.45, 7) is 4.90. The predicted octanol–water partition coefficient (Wildman–Crippen LogP) is 5.72. The number of carbonyl (C=O) groups is 1. The molecule has 3 rings (SSSR count). The number of aromatic nitrogens is 3. The van der Waals surface area contributed by atoms with Crippen molar-refractivity contribution < 1.29 is 69.6 Å². The Kier molecular flexibility index (Phi) is 12.1. The van der Waals surface area contributed by atoms with Crippen LogP contribution in [0.4, 0.5) is 23.2 Å². The minimum absolute atomic E-state index is 0. The molecule has 1 unspecified atom stereocenters. The van der Waals surface area contributed by atoms with Crippen LogP contribution in [-0.2, 0) is 20.8 Å². The normalized spacial score (nSPS) is 17.6. The van der Waals surface area contributed by atoms with E-state index in [1.807, 2.05) is 6.92 Å². The Balaban J connectivity index is 0.00000456. The smallest absolute Gasteiger partial charge is 0.377 e. The van der Waals surface area contributed by atoms with Crippen molar-refractivity contribution >= 4 is 34.5 Å². The Morgan fingerprint density at radius 3 is 2.53 bits per heavy atom. The van der Waals surface area contributed by atoms with E-state index in [9.17, 15) is 22.4 Å². The number of halogens is 4. The van der Waals surface area contributed by atoms with Crippen LogP contribution in [0.1, 0.15) is 52.9 Å². The number of nitrogens with zero attached hydrogens (tertiary/aromatic N) is 4. The molecule has 2 aromatic heterocycles. The molecule has 3 heterocycles. The van der Waals surface area contributed by atoms with Gasteiger partial charge in [0, 0.05) is 56.2 Å². The summed E-state index contributed by atoms with van der Waals surface area (Å²) in [4.78, 5) is 21.7. The van der Waals surface area contributed by atoms with Gasteiger partial charge in [-0.25, -0.2) is 9.97 Å². The number of aryl methyl sites for hydroxylation is 1. The molecule has 0 radical (unpaired) electrons. The third-order valence-electron chi connectivity index (χ3n) is 5.87. The van der Waals surface area contributed by atoms with Gasteiger partial charge in [0.05, 0.1) is 30.4 Å². The average molecular weight is 561 g/mol. The van der Waals surface area contributed by atoms with Gasteiger partial charge in [-0.15, -0.1) is 0 Å². The van der Waals surface area contributed by atoms with Gasteiger partial charge in [0.2, 0.25) is 0 Å². The zero-order chi connectivity index (χ0) is 25.6. The minimum Gasteiger partial charge on any atom is -0.465 e. The number of anilines is 1. The number of hydrogen-bond donors (Lipinski definition) is 0. The van der Waals surface area contributed by atoms with Gasteiger partial charge >= 0.3 is 18.2 Å². The number of ether oxygens (including phenoxy) is 2. The SMILES string of the molecule is CCCCC(CC)COC(=O)CCSc1ncc2c(n1)c(N1CC(F)(F)OC(F)(F)C1)cn2CC.[Ar]. The van der Waals surface area contributed by atoms with E-state index in [0.29, 0.717) is 41.0 Å². The molecule has 7 nitrogen and oxygen atoms in total. The number of rotatable bonds is 12. The zero-order valence-corrected chi connectivity index (χ0v) is 22.1. The van der Waals surface area contributed by atoms with E-state index in [-0.39, 0.29) is 55.8 Å². The fraction of sp³-hybridized carbons (Fsp3) is 0.696. The van der Waals surface area contributed by atoms with Crippen LogP contribution < -0.4 is 4.90 Å². The number of esters is 1. The molecule has 204 valence electrons. The van der Waals surface area contributed by atoms with E-state index in [1.165, 1.54) is 24.2 Å². The van der Waals surface area contributed by atoms with E-state index in [4.69, 9.17) is 4.74 Å². The standard InChI is InChI=1S/C23H32F4N4O3S.Ar/c1-4-7-8-16(5-2)13-33-19(32)9-10-35-21-28-11-17-20(29-21)18(12-30(17)6-3)31-14-22(24,25)34-23(26,27)15-31;/h11-12,16H,4-10,13-15H2,1-3H3;. The van der Waals surface area contributed by atoms with Crippen molar-refractivity contribution in [3.63, 3.8) is 0 Å². The molecule has 2 aromatic rings. The average Bonchev–Trinajstić information content (AvgIpc) is 3.15. The van der Waals surface area contributed by atoms with Crippen molar-refractivity contribution in [1.29, 1.82) is 0 Å². The van der Waals surface area contributed by atoms with Crippen LogP contribution in [0, 0.1) is 43.7 Å². The van der Waals surface area contributed by atoms with Gasteiger partial charge in [-0.1, -0.05) is 44.9 Å². The second kappa shape index (κ2) is 13.8. The predicted molar refractivity (Wildman–Crippen MR) is 126 cm³/mol. The first-order chi connectivity index (χ1) is 16.6. The quantitative estimate of drug-likeness (QED) is 0.142. The van der Waals surface area contributed by atoms with Crippen LogP contribution >= 0.6 is 11.8 Å². The Labute approximate surface area is 242 Å². The zero-order valence-electron chi connectivity index (χ0n) is 20.6. The molecule has 1 aliphatic heterocycles. The Morgan fingerprint density at radius 2 is 1.92 bits per heavy atom. The fourth-order valence-corrected chi connectivity index (χ4v) is 4.69. The molecule has 1 atom stereocenters. The van der Waals surface area contributed by atoms with Gasteiger partial charge in [0.15, 0.2) is 5.16 Å². The molecule has 1 aliphatic rings. The van der Waals surface area contributed by atoms with Crippen LogP contribution in [0.25, 0.3) is 11.0 Å². The number of unbranched alkanes of at least 4 members (excludes halogenated alkanes) is 1. The van der Waals surface area contributed by atoms with E-state index in [0.717, 1.165) is 30.6 Å². The van der Waals surface area contributed by atoms with Crippen molar-refractivity contribution in [2.45, 2.75) is 76.8 Å². The first-order valence-corrected chi connectivity index (χ1v) is 12.9. The third kappa shape index (κ3) is 8.61. The van der Waals surface area contributed by atoms with Crippen LogP contribution in [0.15, 0.2) is 17.6 Å². The van der Waals surface area contributed by atoms with Crippen molar-refractivity contribution in [3.8, 4) is 0 Å². The van der Waals surface area contributed by atoms with E-state index in [2.05, 4.69) is 28.6 Å². The number of fused-ring (bicyclic) bond motifs is 1. The number of thioether (sulfide) groups is 1. The summed E-state index contributed by atoms with van der Waals surface area (Å²) in [5.41, 5.74) is 0.995. The molecule has 0 amide bonds. The van der Waals surface area contributed by atoms with E-state index < -0.39 is 25.3 Å². The third-order valence-corrected chi connectivity index (χ3v) is 6.73. The largest absolute Gasteiger partial charge is 0.465 e. The molecule has 0 aliphatic carbocycles. The van der Waals surface area contributed by atoms with Gasteiger partial charge in [0.1, 0.15) is 18.6 Å². The summed E-state index contributed by atoms with van der Waals surface area (Å²) in [7, 11) is 0. The van der Waals surface area contributed by atoms with Crippen LogP contribution in [0.2, 0.25) is 0 Å². The van der Waals surface area contributed by atoms with Crippen LogP contribution in [0.5, 0.6) is 0 Å². The summed E-state index contributed by atoms with van der Waals surface area (Å²) < 4.78 is 66.0. The Hall–Kier alpha value is -0.820. The molecular formula is C23H32ArF4N4O3S. The van der Waals surface area contributed by atoms with Crippen LogP contribution in [0.3, 0.4) is 0 Å². The summed E-state index contributed by atoms with van der Waals surface area (Å²) >= 11 is 1.22. The molecule has 36 heavy (non-hydrogen) atoms. The molecule has 1 saturated heterocycles. The van der Waals surface area contributed by atoms with Gasteiger partial charge in [-0.2, -0.15) is 17.6 Å². The van der Waals surface area contributed by atoms with Gasteiger partial charge in [-0.05, 0) is 19.3 Å². The van der Waals surface area contributed by atoms with Crippen molar-refractivity contribution in [1.82, 2.24) is 14.5 Å². The number of carbonyl (C=O) groups excluding carboxylic acids is 1. The summed E-state index contributed by atoms with van der Waals surface area (Å²) in [6.07, 6.45) is -0.585. The van der Waals surface area contributed by atoms with Crippen molar-refractivity contribution in [2.75, 3.05) is 30.3 Å².